The molecule has 20 heavy (non-hydrogen) atoms. The van der Waals surface area contributed by atoms with Crippen LogP contribution in [0.25, 0.3) is 0 Å². The minimum absolute atomic E-state index is 0.544. The summed E-state index contributed by atoms with van der Waals surface area (Å²) in [6.07, 6.45) is 4.26. The first-order valence-electron chi connectivity index (χ1n) is 7.63. The molecule has 0 bridgehead atoms. The van der Waals surface area contributed by atoms with Crippen LogP contribution in [0, 0.1) is 5.92 Å². The van der Waals surface area contributed by atoms with Crippen molar-refractivity contribution in [3.8, 4) is 5.88 Å². The molecule has 0 radical (unpaired) electrons. The molecular formula is C15H26N4O. The van der Waals surface area contributed by atoms with E-state index in [-0.39, 0.29) is 0 Å². The molecule has 1 saturated heterocycles. The van der Waals surface area contributed by atoms with Crippen molar-refractivity contribution >= 4 is 5.95 Å². The normalized spacial score (nSPS) is 19.4. The molecule has 0 spiro atoms. The molecule has 0 saturated carbocycles. The van der Waals surface area contributed by atoms with Crippen molar-refractivity contribution in [3.05, 3.63) is 12.3 Å². The number of anilines is 1. The third-order valence-electron chi connectivity index (χ3n) is 3.53. The zero-order chi connectivity index (χ0) is 14.4. The highest BCUT2D eigenvalue weighted by Gasteiger charge is 2.22. The summed E-state index contributed by atoms with van der Waals surface area (Å²) in [5.74, 6) is 2.13. The first kappa shape index (κ1) is 15.0. The van der Waals surface area contributed by atoms with E-state index in [1.165, 1.54) is 12.8 Å². The van der Waals surface area contributed by atoms with Crippen molar-refractivity contribution in [2.45, 2.75) is 39.7 Å². The van der Waals surface area contributed by atoms with E-state index in [0.717, 1.165) is 25.6 Å². The van der Waals surface area contributed by atoms with E-state index in [9.17, 15) is 0 Å². The van der Waals surface area contributed by atoms with Crippen LogP contribution < -0.4 is 15.0 Å². The van der Waals surface area contributed by atoms with Crippen molar-refractivity contribution in [2.75, 3.05) is 31.1 Å². The summed E-state index contributed by atoms with van der Waals surface area (Å²) >= 11 is 0. The summed E-state index contributed by atoms with van der Waals surface area (Å²) in [5.41, 5.74) is 0. The number of nitrogens with one attached hydrogen (secondary N) is 1. The maximum Gasteiger partial charge on any atom is 0.228 e. The van der Waals surface area contributed by atoms with E-state index in [1.54, 1.807) is 6.20 Å². The molecule has 1 aliphatic rings. The van der Waals surface area contributed by atoms with Crippen LogP contribution >= 0.6 is 0 Å². The van der Waals surface area contributed by atoms with Crippen molar-refractivity contribution in [3.63, 3.8) is 0 Å². The predicted octanol–water partition coefficient (Wildman–Crippen LogP) is 2.09. The van der Waals surface area contributed by atoms with Crippen LogP contribution in [0.5, 0.6) is 5.88 Å². The van der Waals surface area contributed by atoms with Gasteiger partial charge in [-0.25, -0.2) is 4.98 Å². The summed E-state index contributed by atoms with van der Waals surface area (Å²) in [7, 11) is 0. The topological polar surface area (TPSA) is 50.3 Å². The summed E-state index contributed by atoms with van der Waals surface area (Å²) in [6, 6.07) is 2.36. The Morgan fingerprint density at radius 1 is 1.50 bits per heavy atom. The van der Waals surface area contributed by atoms with Gasteiger partial charge >= 0.3 is 0 Å². The number of hydrogen-bond acceptors (Lipinski definition) is 5. The molecule has 1 atom stereocenters. The Labute approximate surface area is 121 Å². The highest BCUT2D eigenvalue weighted by molar-refractivity contribution is 5.32. The second-order valence-corrected chi connectivity index (χ2v) is 5.65. The van der Waals surface area contributed by atoms with E-state index < -0.39 is 0 Å². The molecule has 2 heterocycles. The molecule has 0 amide bonds. The second kappa shape index (κ2) is 7.43. The quantitative estimate of drug-likeness (QED) is 0.863. The molecule has 0 aliphatic carbocycles. The predicted molar refractivity (Wildman–Crippen MR) is 81.3 cm³/mol. The number of hydrogen-bond donors (Lipinski definition) is 1. The maximum atomic E-state index is 5.45. The van der Waals surface area contributed by atoms with Gasteiger partial charge in [0.05, 0.1) is 6.61 Å². The van der Waals surface area contributed by atoms with Crippen LogP contribution in [0.3, 0.4) is 0 Å². The summed E-state index contributed by atoms with van der Waals surface area (Å²) in [4.78, 5) is 11.2. The van der Waals surface area contributed by atoms with Gasteiger partial charge in [-0.3, -0.25) is 0 Å². The summed E-state index contributed by atoms with van der Waals surface area (Å²) < 4.78 is 5.45. The third-order valence-corrected chi connectivity index (χ3v) is 3.53. The lowest BCUT2D eigenvalue weighted by Crippen LogP contribution is -2.41. The van der Waals surface area contributed by atoms with Gasteiger partial charge in [0, 0.05) is 31.4 Å². The van der Waals surface area contributed by atoms with Gasteiger partial charge in [-0.2, -0.15) is 4.98 Å². The van der Waals surface area contributed by atoms with Gasteiger partial charge < -0.3 is 15.0 Å². The van der Waals surface area contributed by atoms with Crippen LogP contribution in [0.15, 0.2) is 12.3 Å². The first-order valence-corrected chi connectivity index (χ1v) is 7.63. The minimum Gasteiger partial charge on any atom is -0.478 e. The van der Waals surface area contributed by atoms with Gasteiger partial charge in [0.15, 0.2) is 0 Å². The molecule has 1 aliphatic heterocycles. The number of nitrogens with zero attached hydrogens (tertiary/aromatic N) is 3. The van der Waals surface area contributed by atoms with Crippen LogP contribution in [-0.2, 0) is 0 Å². The Hall–Kier alpha value is -1.36. The van der Waals surface area contributed by atoms with Crippen molar-refractivity contribution in [1.82, 2.24) is 15.3 Å². The van der Waals surface area contributed by atoms with Crippen molar-refractivity contribution in [1.29, 1.82) is 0 Å². The molecule has 5 heteroatoms. The van der Waals surface area contributed by atoms with Crippen LogP contribution in [-0.4, -0.2) is 42.3 Å². The number of rotatable bonds is 6. The molecule has 112 valence electrons. The molecule has 5 nitrogen and oxygen atoms in total. The lowest BCUT2D eigenvalue weighted by atomic mass is 9.98. The first-order chi connectivity index (χ1) is 9.69. The summed E-state index contributed by atoms with van der Waals surface area (Å²) in [5, 5.41) is 3.53. The molecule has 1 aromatic rings. The van der Waals surface area contributed by atoms with Gasteiger partial charge in [0.25, 0.3) is 0 Å². The minimum atomic E-state index is 0.544. The average Bonchev–Trinajstić information content (AvgIpc) is 2.46. The van der Waals surface area contributed by atoms with Gasteiger partial charge in [0.2, 0.25) is 11.8 Å². The van der Waals surface area contributed by atoms with E-state index in [4.69, 9.17) is 4.74 Å². The Bertz CT molecular complexity index is 411. The second-order valence-electron chi connectivity index (χ2n) is 5.65. The van der Waals surface area contributed by atoms with Gasteiger partial charge in [0.1, 0.15) is 0 Å². The molecule has 2 rings (SSSR count). The van der Waals surface area contributed by atoms with Crippen LogP contribution in [0.4, 0.5) is 5.95 Å². The monoisotopic (exact) mass is 278 g/mol. The van der Waals surface area contributed by atoms with Crippen LogP contribution in [0.1, 0.15) is 33.6 Å². The lowest BCUT2D eigenvalue weighted by Gasteiger charge is -2.33. The van der Waals surface area contributed by atoms with Gasteiger partial charge in [-0.15, -0.1) is 0 Å². The van der Waals surface area contributed by atoms with Gasteiger partial charge in [-0.1, -0.05) is 13.8 Å². The molecule has 1 aromatic heterocycles. The molecule has 1 N–H and O–H groups in total. The number of piperidine rings is 1. The van der Waals surface area contributed by atoms with Crippen molar-refractivity contribution < 1.29 is 4.74 Å². The Balaban J connectivity index is 1.95. The average molecular weight is 278 g/mol. The number of aromatic nitrogens is 2. The Kier molecular flexibility index (Phi) is 5.59. The zero-order valence-corrected chi connectivity index (χ0v) is 12.8. The largest absolute Gasteiger partial charge is 0.478 e. The fraction of sp³-hybridized carbons (Fsp3) is 0.733. The lowest BCUT2D eigenvalue weighted by molar-refractivity contribution is 0.325. The fourth-order valence-electron chi connectivity index (χ4n) is 2.53. The zero-order valence-electron chi connectivity index (χ0n) is 12.8. The van der Waals surface area contributed by atoms with Crippen LogP contribution in [0.2, 0.25) is 0 Å². The van der Waals surface area contributed by atoms with Gasteiger partial charge in [-0.05, 0) is 32.2 Å². The molecule has 1 fully saturated rings. The van der Waals surface area contributed by atoms with E-state index in [1.807, 2.05) is 13.0 Å². The molecule has 1 unspecified atom stereocenters. The highest BCUT2D eigenvalue weighted by atomic mass is 16.5. The SMILES string of the molecule is CCOc1ccnc(N2CCCC(CNC(C)C)C2)n1. The van der Waals surface area contributed by atoms with E-state index >= 15 is 0 Å². The third kappa shape index (κ3) is 4.34. The van der Waals surface area contributed by atoms with Crippen molar-refractivity contribution in [2.24, 2.45) is 5.92 Å². The smallest absolute Gasteiger partial charge is 0.228 e. The maximum absolute atomic E-state index is 5.45. The molecule has 0 aromatic carbocycles. The standard InChI is InChI=1S/C15H26N4O/c1-4-20-14-7-8-16-15(18-14)19-9-5-6-13(11-19)10-17-12(2)3/h7-8,12-13,17H,4-6,9-11H2,1-3H3. The van der Waals surface area contributed by atoms with E-state index in [2.05, 4.69) is 34.0 Å². The highest BCUT2D eigenvalue weighted by Crippen LogP contribution is 2.21. The fourth-order valence-corrected chi connectivity index (χ4v) is 2.53. The Morgan fingerprint density at radius 3 is 3.10 bits per heavy atom. The summed E-state index contributed by atoms with van der Waals surface area (Å²) in [6.45, 7) is 10.1. The van der Waals surface area contributed by atoms with E-state index in [0.29, 0.717) is 24.4 Å². The molecular weight excluding hydrogens is 252 g/mol. The Morgan fingerprint density at radius 2 is 2.35 bits per heavy atom. The number of ether oxygens (including phenoxy) is 1.